The lowest BCUT2D eigenvalue weighted by Gasteiger charge is -2.25. The number of ether oxygens (including phenoxy) is 1. The minimum absolute atomic E-state index is 0.133. The number of hydrogen-bond acceptors (Lipinski definition) is 7. The predicted octanol–water partition coefficient (Wildman–Crippen LogP) is 2.47. The minimum atomic E-state index is -0.794. The number of halogens is 1. The number of thioether (sulfide) groups is 1. The van der Waals surface area contributed by atoms with E-state index < -0.39 is 29.9 Å². The molecule has 1 N–H and O–H groups in total. The zero-order valence-electron chi connectivity index (χ0n) is 14.3. The van der Waals surface area contributed by atoms with E-state index in [1.165, 1.54) is 36.0 Å². The molecule has 0 saturated carbocycles. The molecule has 0 aromatic carbocycles. The Balaban J connectivity index is 1.59. The summed E-state index contributed by atoms with van der Waals surface area (Å²) in [6.07, 6.45) is 3.00. The maximum Gasteiger partial charge on any atom is 0.330 e. The largest absolute Gasteiger partial charge is 0.466 e. The molecule has 2 aromatic heterocycles. The van der Waals surface area contributed by atoms with Gasteiger partial charge in [0.25, 0.3) is 5.91 Å². The van der Waals surface area contributed by atoms with Crippen LogP contribution < -0.4 is 5.32 Å². The van der Waals surface area contributed by atoms with E-state index in [-0.39, 0.29) is 11.1 Å². The van der Waals surface area contributed by atoms with E-state index in [0.717, 1.165) is 0 Å². The van der Waals surface area contributed by atoms with Gasteiger partial charge in [0.1, 0.15) is 17.2 Å². The topological polar surface area (TPSA) is 102 Å². The molecule has 0 spiro atoms. The second-order valence-corrected chi connectivity index (χ2v) is 7.11. The Bertz CT molecular complexity index is 845. The molecule has 0 radical (unpaired) electrons. The third-order valence-electron chi connectivity index (χ3n) is 3.80. The number of hydrogen-bond donors (Lipinski definition) is 1. The summed E-state index contributed by atoms with van der Waals surface area (Å²) in [7, 11) is 0. The fourth-order valence-electron chi connectivity index (χ4n) is 2.62. The number of aromatic nitrogens is 1. The molecule has 3 heterocycles. The zero-order chi connectivity index (χ0) is 19.4. The van der Waals surface area contributed by atoms with E-state index in [2.05, 4.69) is 10.3 Å². The first-order valence-electron chi connectivity index (χ1n) is 7.98. The van der Waals surface area contributed by atoms with Gasteiger partial charge in [-0.25, -0.2) is 9.78 Å². The molecule has 10 heteroatoms. The average Bonchev–Trinajstić information content (AvgIpc) is 3.30. The van der Waals surface area contributed by atoms with Crippen LogP contribution >= 0.6 is 23.4 Å². The predicted molar refractivity (Wildman–Crippen MR) is 99.1 cm³/mol. The van der Waals surface area contributed by atoms with Gasteiger partial charge in [-0.2, -0.15) is 0 Å². The van der Waals surface area contributed by atoms with Crippen LogP contribution in [0.5, 0.6) is 0 Å². The van der Waals surface area contributed by atoms with Crippen molar-refractivity contribution in [3.63, 3.8) is 0 Å². The number of nitrogens with one attached hydrogen (secondary N) is 1. The van der Waals surface area contributed by atoms with Crippen molar-refractivity contribution in [1.29, 1.82) is 0 Å². The van der Waals surface area contributed by atoms with E-state index in [1.807, 2.05) is 0 Å². The van der Waals surface area contributed by atoms with E-state index >= 15 is 0 Å². The summed E-state index contributed by atoms with van der Waals surface area (Å²) >= 11 is 7.26. The second-order valence-electron chi connectivity index (χ2n) is 5.64. The quantitative estimate of drug-likeness (QED) is 0.597. The lowest BCUT2D eigenvalue weighted by molar-refractivity contribution is -0.155. The lowest BCUT2D eigenvalue weighted by Crippen LogP contribution is -2.43. The molecule has 1 fully saturated rings. The van der Waals surface area contributed by atoms with Crippen LogP contribution in [-0.4, -0.2) is 46.1 Å². The maximum absolute atomic E-state index is 12.4. The number of rotatable bonds is 5. The van der Waals surface area contributed by atoms with Crippen molar-refractivity contribution in [2.45, 2.75) is 18.3 Å². The summed E-state index contributed by atoms with van der Waals surface area (Å²) in [4.78, 5) is 41.7. The Morgan fingerprint density at radius 3 is 2.89 bits per heavy atom. The molecule has 2 amide bonds. The van der Waals surface area contributed by atoms with Crippen molar-refractivity contribution in [2.24, 2.45) is 0 Å². The van der Waals surface area contributed by atoms with Crippen LogP contribution in [-0.2, 0) is 19.1 Å². The number of carbonyl (C=O) groups is 3. The fraction of sp³-hybridized carbons (Fsp3) is 0.294. The van der Waals surface area contributed by atoms with Crippen molar-refractivity contribution in [1.82, 2.24) is 9.88 Å². The Kier molecular flexibility index (Phi) is 6.02. The van der Waals surface area contributed by atoms with Crippen molar-refractivity contribution < 1.29 is 23.5 Å². The van der Waals surface area contributed by atoms with Gasteiger partial charge >= 0.3 is 5.97 Å². The van der Waals surface area contributed by atoms with E-state index in [4.69, 9.17) is 20.8 Å². The standard InChI is InChI=1S/C17H16ClN3O5S/c1-10(22)21-12(9-27-16(21)13-5-3-7-25-13)17(24)26-8-14(23)20-11-4-2-6-19-15(11)18/h2-7,12,16H,8-9H2,1H3,(H,20,23)/t12-,16+/m0/s1. The molecule has 0 aliphatic carbocycles. The molecule has 142 valence electrons. The SMILES string of the molecule is CC(=O)N1[C@@H](c2ccco2)SC[C@H]1C(=O)OCC(=O)Nc1cccnc1Cl. The first-order chi connectivity index (χ1) is 13.0. The second kappa shape index (κ2) is 8.45. The van der Waals surface area contributed by atoms with Crippen LogP contribution in [0.25, 0.3) is 0 Å². The van der Waals surface area contributed by atoms with Crippen molar-refractivity contribution in [3.8, 4) is 0 Å². The Morgan fingerprint density at radius 2 is 2.22 bits per heavy atom. The molecule has 27 heavy (non-hydrogen) atoms. The average molecular weight is 410 g/mol. The summed E-state index contributed by atoms with van der Waals surface area (Å²) in [6.45, 7) is 0.877. The van der Waals surface area contributed by atoms with Gasteiger partial charge in [0.15, 0.2) is 11.8 Å². The molecule has 0 unspecified atom stereocenters. The molecular formula is C17H16ClN3O5S. The third kappa shape index (κ3) is 4.42. The molecule has 1 aliphatic heterocycles. The maximum atomic E-state index is 12.4. The zero-order valence-corrected chi connectivity index (χ0v) is 15.8. The number of nitrogens with zero attached hydrogens (tertiary/aromatic N) is 2. The molecular weight excluding hydrogens is 394 g/mol. The molecule has 3 rings (SSSR count). The number of furan rings is 1. The van der Waals surface area contributed by atoms with Crippen LogP contribution in [0, 0.1) is 0 Å². The van der Waals surface area contributed by atoms with Crippen LogP contribution in [0.4, 0.5) is 5.69 Å². The van der Waals surface area contributed by atoms with Gasteiger partial charge in [0.2, 0.25) is 5.91 Å². The van der Waals surface area contributed by atoms with Gasteiger partial charge in [-0.05, 0) is 24.3 Å². The number of carbonyl (C=O) groups excluding carboxylic acids is 3. The van der Waals surface area contributed by atoms with Crippen molar-refractivity contribution >= 4 is 46.8 Å². The summed E-state index contributed by atoms with van der Waals surface area (Å²) in [5.41, 5.74) is 0.319. The third-order valence-corrected chi connectivity index (χ3v) is 5.39. The van der Waals surface area contributed by atoms with E-state index in [0.29, 0.717) is 17.2 Å². The normalized spacial score (nSPS) is 19.0. The van der Waals surface area contributed by atoms with E-state index in [9.17, 15) is 14.4 Å². The Labute approximate surface area is 164 Å². The van der Waals surface area contributed by atoms with Crippen LogP contribution in [0.15, 0.2) is 41.1 Å². The summed E-state index contributed by atoms with van der Waals surface area (Å²) in [5.74, 6) is -0.565. The Hall–Kier alpha value is -2.52. The van der Waals surface area contributed by atoms with Gasteiger partial charge in [0, 0.05) is 18.9 Å². The first kappa shape index (κ1) is 19.2. The number of esters is 1. The monoisotopic (exact) mass is 409 g/mol. The van der Waals surface area contributed by atoms with Crippen molar-refractivity contribution in [2.75, 3.05) is 17.7 Å². The Morgan fingerprint density at radius 1 is 1.41 bits per heavy atom. The molecule has 8 nitrogen and oxygen atoms in total. The van der Waals surface area contributed by atoms with Gasteiger partial charge in [-0.3, -0.25) is 9.59 Å². The minimum Gasteiger partial charge on any atom is -0.466 e. The highest BCUT2D eigenvalue weighted by Crippen LogP contribution is 2.41. The van der Waals surface area contributed by atoms with Gasteiger partial charge in [-0.15, -0.1) is 11.8 Å². The highest BCUT2D eigenvalue weighted by Gasteiger charge is 2.43. The van der Waals surface area contributed by atoms with Crippen LogP contribution in [0.2, 0.25) is 5.15 Å². The van der Waals surface area contributed by atoms with Crippen molar-refractivity contribution in [3.05, 3.63) is 47.6 Å². The fourth-order valence-corrected chi connectivity index (χ4v) is 4.20. The van der Waals surface area contributed by atoms with Gasteiger partial charge < -0.3 is 19.4 Å². The highest BCUT2D eigenvalue weighted by molar-refractivity contribution is 7.99. The van der Waals surface area contributed by atoms with Crippen LogP contribution in [0.3, 0.4) is 0 Å². The summed E-state index contributed by atoms with van der Waals surface area (Å²) < 4.78 is 10.4. The first-order valence-corrected chi connectivity index (χ1v) is 9.41. The highest BCUT2D eigenvalue weighted by atomic mass is 35.5. The summed E-state index contributed by atoms with van der Waals surface area (Å²) in [6, 6.07) is 5.86. The molecule has 1 saturated heterocycles. The van der Waals surface area contributed by atoms with Gasteiger partial charge in [0.05, 0.1) is 12.0 Å². The summed E-state index contributed by atoms with van der Waals surface area (Å²) in [5, 5.41) is 2.24. The smallest absolute Gasteiger partial charge is 0.330 e. The molecule has 1 aliphatic rings. The number of amides is 2. The van der Waals surface area contributed by atoms with Gasteiger partial charge in [-0.1, -0.05) is 11.6 Å². The number of pyridine rings is 1. The lowest BCUT2D eigenvalue weighted by atomic mass is 10.2. The van der Waals surface area contributed by atoms with E-state index in [1.54, 1.807) is 24.3 Å². The molecule has 2 aromatic rings. The molecule has 2 atom stereocenters. The van der Waals surface area contributed by atoms with Crippen LogP contribution in [0.1, 0.15) is 18.1 Å². The molecule has 0 bridgehead atoms. The number of anilines is 1.